The summed E-state index contributed by atoms with van der Waals surface area (Å²) in [6, 6.07) is 11.4. The molecule has 0 bridgehead atoms. The standard InChI is InChI=1S/C19H18BrNO6/c1-25-16-7-6-12(9-17(16)26-2)15(22)11-27-18(23)10-21-19(24)13-4-3-5-14(20)8-13/h3-9H,10-11H2,1-2H3,(H,21,24). The highest BCUT2D eigenvalue weighted by Crippen LogP contribution is 2.27. The Kier molecular flexibility index (Phi) is 7.36. The molecule has 1 amide bonds. The third-order valence-corrected chi connectivity index (χ3v) is 4.04. The number of esters is 1. The Morgan fingerprint density at radius 2 is 1.70 bits per heavy atom. The normalized spacial score (nSPS) is 10.0. The van der Waals surface area contributed by atoms with Crippen LogP contribution in [0.5, 0.6) is 11.5 Å². The zero-order chi connectivity index (χ0) is 19.8. The highest BCUT2D eigenvalue weighted by molar-refractivity contribution is 9.10. The van der Waals surface area contributed by atoms with Crippen LogP contribution in [0.15, 0.2) is 46.9 Å². The molecule has 8 heteroatoms. The molecule has 0 saturated carbocycles. The number of hydrogen-bond acceptors (Lipinski definition) is 6. The van der Waals surface area contributed by atoms with Crippen LogP contribution in [0.4, 0.5) is 0 Å². The van der Waals surface area contributed by atoms with Crippen LogP contribution in [-0.4, -0.2) is 45.0 Å². The molecular weight excluding hydrogens is 418 g/mol. The van der Waals surface area contributed by atoms with Gasteiger partial charge in [-0.2, -0.15) is 0 Å². The Morgan fingerprint density at radius 1 is 0.963 bits per heavy atom. The first-order valence-corrected chi connectivity index (χ1v) is 8.68. The van der Waals surface area contributed by atoms with E-state index in [4.69, 9.17) is 14.2 Å². The second-order valence-electron chi connectivity index (χ2n) is 5.35. The van der Waals surface area contributed by atoms with Gasteiger partial charge in [0.05, 0.1) is 14.2 Å². The van der Waals surface area contributed by atoms with Gasteiger partial charge in [0.1, 0.15) is 6.54 Å². The number of methoxy groups -OCH3 is 2. The zero-order valence-electron chi connectivity index (χ0n) is 14.8. The van der Waals surface area contributed by atoms with E-state index in [2.05, 4.69) is 21.2 Å². The summed E-state index contributed by atoms with van der Waals surface area (Å²) < 4.78 is 15.9. The molecule has 0 spiro atoms. The number of hydrogen-bond donors (Lipinski definition) is 1. The van der Waals surface area contributed by atoms with Crippen LogP contribution in [0, 0.1) is 0 Å². The largest absolute Gasteiger partial charge is 0.493 e. The molecule has 0 atom stereocenters. The van der Waals surface area contributed by atoms with Crippen LogP contribution >= 0.6 is 15.9 Å². The average molecular weight is 436 g/mol. The lowest BCUT2D eigenvalue weighted by Gasteiger charge is -2.09. The van der Waals surface area contributed by atoms with Crippen molar-refractivity contribution in [1.82, 2.24) is 5.32 Å². The smallest absolute Gasteiger partial charge is 0.325 e. The summed E-state index contributed by atoms with van der Waals surface area (Å²) in [5.41, 5.74) is 0.720. The SMILES string of the molecule is COc1ccc(C(=O)COC(=O)CNC(=O)c2cccc(Br)c2)cc1OC. The number of carbonyl (C=O) groups excluding carboxylic acids is 3. The molecule has 0 radical (unpaired) electrons. The molecular formula is C19H18BrNO6. The minimum atomic E-state index is -0.716. The lowest BCUT2D eigenvalue weighted by Crippen LogP contribution is -2.31. The van der Waals surface area contributed by atoms with Gasteiger partial charge < -0.3 is 19.5 Å². The van der Waals surface area contributed by atoms with Gasteiger partial charge in [0, 0.05) is 15.6 Å². The number of nitrogens with one attached hydrogen (secondary N) is 1. The van der Waals surface area contributed by atoms with Gasteiger partial charge in [-0.3, -0.25) is 14.4 Å². The Morgan fingerprint density at radius 3 is 2.37 bits per heavy atom. The van der Waals surface area contributed by atoms with Crippen LogP contribution in [0.1, 0.15) is 20.7 Å². The molecule has 0 heterocycles. The Bertz CT molecular complexity index is 852. The van der Waals surface area contributed by atoms with Crippen LogP contribution in [0.2, 0.25) is 0 Å². The average Bonchev–Trinajstić information content (AvgIpc) is 2.69. The van der Waals surface area contributed by atoms with Crippen LogP contribution in [0.3, 0.4) is 0 Å². The summed E-state index contributed by atoms with van der Waals surface area (Å²) in [6.07, 6.45) is 0. The number of benzene rings is 2. The van der Waals surface area contributed by atoms with Crippen molar-refractivity contribution in [2.24, 2.45) is 0 Å². The second-order valence-corrected chi connectivity index (χ2v) is 6.26. The van der Waals surface area contributed by atoms with Crippen molar-refractivity contribution in [1.29, 1.82) is 0 Å². The van der Waals surface area contributed by atoms with E-state index < -0.39 is 24.3 Å². The van der Waals surface area contributed by atoms with Crippen molar-refractivity contribution < 1.29 is 28.6 Å². The minimum absolute atomic E-state index is 0.318. The minimum Gasteiger partial charge on any atom is -0.493 e. The lowest BCUT2D eigenvalue weighted by atomic mass is 10.1. The maximum absolute atomic E-state index is 12.1. The number of ketones is 1. The van der Waals surface area contributed by atoms with Crippen molar-refractivity contribution in [2.75, 3.05) is 27.4 Å². The highest BCUT2D eigenvalue weighted by atomic mass is 79.9. The predicted molar refractivity (Wildman–Crippen MR) is 101 cm³/mol. The maximum Gasteiger partial charge on any atom is 0.325 e. The quantitative estimate of drug-likeness (QED) is 0.506. The van der Waals surface area contributed by atoms with Crippen LogP contribution in [-0.2, 0) is 9.53 Å². The molecule has 0 aliphatic rings. The van der Waals surface area contributed by atoms with Gasteiger partial charge in [0.25, 0.3) is 5.91 Å². The van der Waals surface area contributed by atoms with E-state index in [1.165, 1.54) is 20.3 Å². The monoisotopic (exact) mass is 435 g/mol. The molecule has 142 valence electrons. The summed E-state index contributed by atoms with van der Waals surface area (Å²) in [5, 5.41) is 2.44. The maximum atomic E-state index is 12.1. The molecule has 0 aliphatic carbocycles. The Hall–Kier alpha value is -2.87. The van der Waals surface area contributed by atoms with Gasteiger partial charge in [0.15, 0.2) is 23.9 Å². The van der Waals surface area contributed by atoms with E-state index in [0.717, 1.165) is 4.47 Å². The topological polar surface area (TPSA) is 90.9 Å². The van der Waals surface area contributed by atoms with E-state index in [0.29, 0.717) is 22.6 Å². The summed E-state index contributed by atoms with van der Waals surface area (Å²) in [5.74, 6) is -0.647. The third-order valence-electron chi connectivity index (χ3n) is 3.55. The predicted octanol–water partition coefficient (Wildman–Crippen LogP) is 2.62. The molecule has 2 aromatic rings. The third kappa shape index (κ3) is 5.82. The van der Waals surface area contributed by atoms with Crippen LogP contribution in [0.25, 0.3) is 0 Å². The highest BCUT2D eigenvalue weighted by Gasteiger charge is 2.14. The number of amides is 1. The molecule has 2 rings (SSSR count). The van der Waals surface area contributed by atoms with Gasteiger partial charge in [-0.1, -0.05) is 22.0 Å². The van der Waals surface area contributed by atoms with E-state index in [1.54, 1.807) is 36.4 Å². The number of ether oxygens (including phenoxy) is 3. The van der Waals surface area contributed by atoms with Gasteiger partial charge in [-0.25, -0.2) is 0 Å². The van der Waals surface area contributed by atoms with E-state index >= 15 is 0 Å². The molecule has 1 N–H and O–H groups in total. The van der Waals surface area contributed by atoms with Gasteiger partial charge in [0.2, 0.25) is 0 Å². The fraction of sp³-hybridized carbons (Fsp3) is 0.211. The summed E-state index contributed by atoms with van der Waals surface area (Å²) in [7, 11) is 2.95. The van der Waals surface area contributed by atoms with E-state index in [-0.39, 0.29) is 6.54 Å². The van der Waals surface area contributed by atoms with Crippen LogP contribution < -0.4 is 14.8 Å². The van der Waals surface area contributed by atoms with E-state index in [9.17, 15) is 14.4 Å². The first-order chi connectivity index (χ1) is 12.9. The first kappa shape index (κ1) is 20.4. The molecule has 27 heavy (non-hydrogen) atoms. The molecule has 0 fully saturated rings. The number of Topliss-reactive ketones (excluding diaryl/α,β-unsaturated/α-hetero) is 1. The van der Waals surface area contributed by atoms with Crippen molar-refractivity contribution in [2.45, 2.75) is 0 Å². The molecule has 2 aromatic carbocycles. The number of carbonyl (C=O) groups is 3. The van der Waals surface area contributed by atoms with Crippen molar-refractivity contribution in [3.8, 4) is 11.5 Å². The van der Waals surface area contributed by atoms with Crippen molar-refractivity contribution >= 4 is 33.6 Å². The fourth-order valence-electron chi connectivity index (χ4n) is 2.17. The van der Waals surface area contributed by atoms with Gasteiger partial charge >= 0.3 is 5.97 Å². The molecule has 0 unspecified atom stereocenters. The lowest BCUT2D eigenvalue weighted by molar-refractivity contribution is -0.141. The van der Waals surface area contributed by atoms with Crippen molar-refractivity contribution in [3.05, 3.63) is 58.1 Å². The second kappa shape index (κ2) is 9.72. The summed E-state index contributed by atoms with van der Waals surface area (Å²) in [6.45, 7) is -0.786. The number of rotatable bonds is 8. The molecule has 0 saturated heterocycles. The fourth-order valence-corrected chi connectivity index (χ4v) is 2.57. The summed E-state index contributed by atoms with van der Waals surface area (Å²) in [4.78, 5) is 35.9. The van der Waals surface area contributed by atoms with E-state index in [1.807, 2.05) is 0 Å². The summed E-state index contributed by atoms with van der Waals surface area (Å²) >= 11 is 3.27. The van der Waals surface area contributed by atoms with Gasteiger partial charge in [-0.15, -0.1) is 0 Å². The first-order valence-electron chi connectivity index (χ1n) is 7.89. The Balaban J connectivity index is 1.84. The molecule has 7 nitrogen and oxygen atoms in total. The Labute approximate surface area is 164 Å². The zero-order valence-corrected chi connectivity index (χ0v) is 16.4. The van der Waals surface area contributed by atoms with Gasteiger partial charge in [-0.05, 0) is 36.4 Å². The molecule has 0 aromatic heterocycles. The number of halogens is 1. The molecule has 0 aliphatic heterocycles. The van der Waals surface area contributed by atoms with Crippen molar-refractivity contribution in [3.63, 3.8) is 0 Å².